The second-order valence-corrected chi connectivity index (χ2v) is 8.95. The van der Waals surface area contributed by atoms with E-state index in [0.29, 0.717) is 19.6 Å². The van der Waals surface area contributed by atoms with E-state index in [4.69, 9.17) is 0 Å². The van der Waals surface area contributed by atoms with E-state index in [9.17, 15) is 14.4 Å². The Hall–Kier alpha value is -2.61. The molecule has 2 N–H and O–H groups in total. The van der Waals surface area contributed by atoms with Crippen LogP contribution in [0.2, 0.25) is 0 Å². The van der Waals surface area contributed by atoms with E-state index in [1.165, 1.54) is 0 Å². The summed E-state index contributed by atoms with van der Waals surface area (Å²) in [6.07, 6.45) is 1.21. The van der Waals surface area contributed by atoms with Gasteiger partial charge in [0, 0.05) is 60.4 Å². The third kappa shape index (κ3) is 4.43. The van der Waals surface area contributed by atoms with Crippen LogP contribution in [0.25, 0.3) is 0 Å². The number of hydrogen-bond acceptors (Lipinski definition) is 3. The monoisotopic (exact) mass is 472 g/mol. The van der Waals surface area contributed by atoms with Gasteiger partial charge in [-0.25, -0.2) is 4.79 Å². The maximum absolute atomic E-state index is 12.6. The number of amides is 3. The van der Waals surface area contributed by atoms with Gasteiger partial charge < -0.3 is 20.1 Å². The highest BCUT2D eigenvalue weighted by Crippen LogP contribution is 2.34. The van der Waals surface area contributed by atoms with Crippen LogP contribution in [-0.4, -0.2) is 41.0 Å². The van der Waals surface area contributed by atoms with Crippen molar-refractivity contribution in [3.05, 3.63) is 62.5 Å². The third-order valence-electron chi connectivity index (χ3n) is 5.84. The topological polar surface area (TPSA) is 83.4 Å². The van der Waals surface area contributed by atoms with Crippen molar-refractivity contribution in [2.75, 3.05) is 25.0 Å². The van der Waals surface area contributed by atoms with E-state index < -0.39 is 0 Å². The SMILES string of the molecule is Cc1cc(NC(=O)CCNC(=O)N2C[C@H]3C[C@@H](C2)c2cccc(=O)n2C3)ccc1Br. The van der Waals surface area contributed by atoms with Crippen LogP contribution in [0.3, 0.4) is 0 Å². The summed E-state index contributed by atoms with van der Waals surface area (Å²) in [5, 5.41) is 5.72. The van der Waals surface area contributed by atoms with Gasteiger partial charge in [0.05, 0.1) is 0 Å². The standard InChI is InChI=1S/C22H25BrN4O3/c1-14-9-17(5-6-18(14)23)25-20(28)7-8-24-22(30)26-11-15-10-16(13-26)19-3-2-4-21(29)27(19)12-15/h2-6,9,15-16H,7-8,10-13H2,1H3,(H,24,30)(H,25,28)/t15-,16+/m1/s1. The number of fused-ring (bicyclic) bond motifs is 4. The Bertz CT molecular complexity index is 1040. The summed E-state index contributed by atoms with van der Waals surface area (Å²) < 4.78 is 2.84. The van der Waals surface area contributed by atoms with Crippen molar-refractivity contribution >= 4 is 33.6 Å². The van der Waals surface area contributed by atoms with Gasteiger partial charge in [-0.3, -0.25) is 9.59 Å². The maximum Gasteiger partial charge on any atom is 0.317 e. The minimum atomic E-state index is -0.149. The lowest BCUT2D eigenvalue weighted by Crippen LogP contribution is -2.52. The van der Waals surface area contributed by atoms with E-state index in [0.717, 1.165) is 27.8 Å². The Kier molecular flexibility index (Phi) is 5.94. The van der Waals surface area contributed by atoms with Gasteiger partial charge in [0.25, 0.3) is 5.56 Å². The lowest BCUT2D eigenvalue weighted by atomic mass is 9.83. The van der Waals surface area contributed by atoms with E-state index in [1.54, 1.807) is 12.1 Å². The molecule has 1 fully saturated rings. The first-order valence-corrected chi connectivity index (χ1v) is 11.0. The van der Waals surface area contributed by atoms with Crippen LogP contribution in [0, 0.1) is 12.8 Å². The van der Waals surface area contributed by atoms with Crippen LogP contribution in [0.4, 0.5) is 10.5 Å². The van der Waals surface area contributed by atoms with Gasteiger partial charge in [0.2, 0.25) is 5.91 Å². The fourth-order valence-electron chi connectivity index (χ4n) is 4.40. The predicted octanol–water partition coefficient (Wildman–Crippen LogP) is 3.08. The van der Waals surface area contributed by atoms with Crippen molar-refractivity contribution in [3.63, 3.8) is 0 Å². The smallest absolute Gasteiger partial charge is 0.317 e. The van der Waals surface area contributed by atoms with E-state index in [1.807, 2.05) is 40.7 Å². The Morgan fingerprint density at radius 1 is 1.17 bits per heavy atom. The number of carbonyl (C=O) groups is 2. The van der Waals surface area contributed by atoms with Crippen LogP contribution in [0.1, 0.15) is 30.0 Å². The molecule has 0 radical (unpaired) electrons. The molecule has 8 heteroatoms. The zero-order valence-corrected chi connectivity index (χ0v) is 18.4. The first-order chi connectivity index (χ1) is 14.4. The largest absolute Gasteiger partial charge is 0.337 e. The van der Waals surface area contributed by atoms with E-state index in [2.05, 4.69) is 26.6 Å². The van der Waals surface area contributed by atoms with Crippen LogP contribution < -0.4 is 16.2 Å². The molecule has 2 aliphatic rings. The Morgan fingerprint density at radius 2 is 2.00 bits per heavy atom. The molecule has 2 aromatic rings. The Labute approximate surface area is 183 Å². The summed E-state index contributed by atoms with van der Waals surface area (Å²) >= 11 is 3.44. The number of nitrogens with one attached hydrogen (secondary N) is 2. The average molecular weight is 473 g/mol. The van der Waals surface area contributed by atoms with Crippen molar-refractivity contribution in [2.24, 2.45) is 5.92 Å². The number of pyridine rings is 1. The number of likely N-dealkylation sites (tertiary alicyclic amines) is 1. The molecular formula is C22H25BrN4O3. The number of aryl methyl sites for hydroxylation is 1. The highest BCUT2D eigenvalue weighted by atomic mass is 79.9. The van der Waals surface area contributed by atoms with Gasteiger partial charge in [-0.05, 0) is 49.1 Å². The van der Waals surface area contributed by atoms with Gasteiger partial charge in [-0.1, -0.05) is 22.0 Å². The molecule has 2 bridgehead atoms. The lowest BCUT2D eigenvalue weighted by Gasteiger charge is -2.42. The molecule has 30 heavy (non-hydrogen) atoms. The number of nitrogens with zero attached hydrogens (tertiary/aromatic N) is 2. The molecule has 1 aromatic heterocycles. The number of urea groups is 1. The predicted molar refractivity (Wildman–Crippen MR) is 119 cm³/mol. The molecule has 3 amide bonds. The summed E-state index contributed by atoms with van der Waals surface area (Å²) in [5.74, 6) is 0.327. The molecule has 7 nitrogen and oxygen atoms in total. The molecular weight excluding hydrogens is 448 g/mol. The first-order valence-electron chi connectivity index (χ1n) is 10.2. The second-order valence-electron chi connectivity index (χ2n) is 8.10. The average Bonchev–Trinajstić information content (AvgIpc) is 2.71. The van der Waals surface area contributed by atoms with E-state index in [-0.39, 0.29) is 42.3 Å². The zero-order chi connectivity index (χ0) is 21.3. The highest BCUT2D eigenvalue weighted by molar-refractivity contribution is 9.10. The van der Waals surface area contributed by atoms with Gasteiger partial charge in [-0.2, -0.15) is 0 Å². The van der Waals surface area contributed by atoms with Gasteiger partial charge in [0.15, 0.2) is 0 Å². The molecule has 1 saturated heterocycles. The number of hydrogen-bond donors (Lipinski definition) is 2. The number of aromatic nitrogens is 1. The van der Waals surface area contributed by atoms with E-state index >= 15 is 0 Å². The minimum Gasteiger partial charge on any atom is -0.337 e. The summed E-state index contributed by atoms with van der Waals surface area (Å²) in [5.41, 5.74) is 2.83. The fourth-order valence-corrected chi connectivity index (χ4v) is 4.65. The first kappa shape index (κ1) is 20.7. The minimum absolute atomic E-state index is 0.0343. The fraction of sp³-hybridized carbons (Fsp3) is 0.409. The zero-order valence-electron chi connectivity index (χ0n) is 16.9. The van der Waals surface area contributed by atoms with Crippen molar-refractivity contribution in [3.8, 4) is 0 Å². The van der Waals surface area contributed by atoms with Gasteiger partial charge in [0.1, 0.15) is 0 Å². The second kappa shape index (κ2) is 8.63. The number of piperidine rings is 1. The number of anilines is 1. The molecule has 1 aromatic carbocycles. The molecule has 0 saturated carbocycles. The molecule has 0 aliphatic carbocycles. The normalized spacial score (nSPS) is 19.7. The molecule has 2 aliphatic heterocycles. The maximum atomic E-state index is 12.6. The van der Waals surface area contributed by atoms with Crippen LogP contribution >= 0.6 is 15.9 Å². The molecule has 158 valence electrons. The Balaban J connectivity index is 1.28. The number of rotatable bonds is 4. The van der Waals surface area contributed by atoms with Gasteiger partial charge >= 0.3 is 6.03 Å². The van der Waals surface area contributed by atoms with Crippen molar-refractivity contribution in [2.45, 2.75) is 32.2 Å². The van der Waals surface area contributed by atoms with Gasteiger partial charge in [-0.15, -0.1) is 0 Å². The van der Waals surface area contributed by atoms with Crippen molar-refractivity contribution < 1.29 is 9.59 Å². The summed E-state index contributed by atoms with van der Waals surface area (Å²) in [4.78, 5) is 38.7. The van der Waals surface area contributed by atoms with Crippen molar-refractivity contribution in [1.82, 2.24) is 14.8 Å². The highest BCUT2D eigenvalue weighted by Gasteiger charge is 2.36. The summed E-state index contributed by atoms with van der Waals surface area (Å²) in [6.45, 7) is 4.12. The quantitative estimate of drug-likeness (QED) is 0.716. The number of halogens is 1. The Morgan fingerprint density at radius 3 is 2.80 bits per heavy atom. The third-order valence-corrected chi connectivity index (χ3v) is 6.73. The summed E-state index contributed by atoms with van der Waals surface area (Å²) in [6, 6.07) is 10.8. The molecule has 0 unspecified atom stereocenters. The van der Waals surface area contributed by atoms with Crippen molar-refractivity contribution in [1.29, 1.82) is 0 Å². The van der Waals surface area contributed by atoms with Crippen LogP contribution in [0.15, 0.2) is 45.7 Å². The molecule has 2 atom stereocenters. The molecule has 0 spiro atoms. The molecule has 3 heterocycles. The van der Waals surface area contributed by atoms with Crippen LogP contribution in [0.5, 0.6) is 0 Å². The molecule has 4 rings (SSSR count). The van der Waals surface area contributed by atoms with Crippen LogP contribution in [-0.2, 0) is 11.3 Å². The number of benzene rings is 1. The summed E-state index contributed by atoms with van der Waals surface area (Å²) in [7, 11) is 0. The lowest BCUT2D eigenvalue weighted by molar-refractivity contribution is -0.116. The number of carbonyl (C=O) groups excluding carboxylic acids is 2.